The first-order valence-electron chi connectivity index (χ1n) is 5.81. The smallest absolute Gasteiger partial charge is 0.329 e. The second-order valence-corrected chi connectivity index (χ2v) is 6.98. The molecule has 1 aliphatic rings. The van der Waals surface area contributed by atoms with E-state index in [2.05, 4.69) is 5.32 Å². The van der Waals surface area contributed by atoms with E-state index >= 15 is 0 Å². The summed E-state index contributed by atoms with van der Waals surface area (Å²) in [4.78, 5) is 11.4. The van der Waals surface area contributed by atoms with Gasteiger partial charge in [-0.2, -0.15) is 0 Å². The van der Waals surface area contributed by atoms with Crippen LogP contribution in [0.15, 0.2) is 24.3 Å². The standard InChI is InChI=1S/C12H14FNO4S/c13-9-2-1-3-10(8-9)14-12(11(15)16)4-6-19(17,18)7-5-12/h1-3,8,14H,4-7H2,(H,15,16). The van der Waals surface area contributed by atoms with Crippen molar-refractivity contribution in [1.29, 1.82) is 0 Å². The molecule has 1 aromatic rings. The first kappa shape index (κ1) is 13.8. The lowest BCUT2D eigenvalue weighted by molar-refractivity contribution is -0.142. The zero-order chi connectivity index (χ0) is 14.1. The second-order valence-electron chi connectivity index (χ2n) is 4.67. The minimum absolute atomic E-state index is 0.0266. The Morgan fingerprint density at radius 3 is 2.47 bits per heavy atom. The summed E-state index contributed by atoms with van der Waals surface area (Å²) < 4.78 is 35.9. The van der Waals surface area contributed by atoms with E-state index in [1.165, 1.54) is 18.2 Å². The summed E-state index contributed by atoms with van der Waals surface area (Å²) in [5.74, 6) is -1.95. The van der Waals surface area contributed by atoms with Crippen LogP contribution in [0.3, 0.4) is 0 Å². The van der Waals surface area contributed by atoms with E-state index in [0.29, 0.717) is 5.69 Å². The number of carbonyl (C=O) groups is 1. The number of sulfone groups is 1. The molecule has 1 fully saturated rings. The van der Waals surface area contributed by atoms with Crippen molar-refractivity contribution in [2.24, 2.45) is 0 Å². The number of carboxylic acids is 1. The number of nitrogens with one attached hydrogen (secondary N) is 1. The molecule has 2 N–H and O–H groups in total. The Hall–Kier alpha value is -1.63. The highest BCUT2D eigenvalue weighted by Gasteiger charge is 2.43. The fourth-order valence-electron chi connectivity index (χ4n) is 2.12. The van der Waals surface area contributed by atoms with Gasteiger partial charge in [0.2, 0.25) is 0 Å². The molecule has 19 heavy (non-hydrogen) atoms. The molecule has 0 saturated carbocycles. The molecule has 104 valence electrons. The van der Waals surface area contributed by atoms with Gasteiger partial charge in [0.25, 0.3) is 0 Å². The number of hydrogen-bond donors (Lipinski definition) is 2. The van der Waals surface area contributed by atoms with E-state index in [-0.39, 0.29) is 24.3 Å². The van der Waals surface area contributed by atoms with Crippen LogP contribution in [0, 0.1) is 5.82 Å². The Labute approximate surface area is 110 Å². The molecule has 1 aliphatic heterocycles. The van der Waals surface area contributed by atoms with Gasteiger partial charge < -0.3 is 10.4 Å². The van der Waals surface area contributed by atoms with Crippen molar-refractivity contribution in [3.05, 3.63) is 30.1 Å². The number of hydrogen-bond acceptors (Lipinski definition) is 4. The van der Waals surface area contributed by atoms with Crippen LogP contribution >= 0.6 is 0 Å². The van der Waals surface area contributed by atoms with Gasteiger partial charge in [0.05, 0.1) is 11.5 Å². The van der Waals surface area contributed by atoms with Gasteiger partial charge in [-0.15, -0.1) is 0 Å². The van der Waals surface area contributed by atoms with Crippen LogP contribution in [-0.2, 0) is 14.6 Å². The van der Waals surface area contributed by atoms with Crippen LogP contribution in [0.5, 0.6) is 0 Å². The van der Waals surface area contributed by atoms with Crippen LogP contribution in [0.4, 0.5) is 10.1 Å². The maximum Gasteiger partial charge on any atom is 0.329 e. The largest absolute Gasteiger partial charge is 0.480 e. The molecule has 2 rings (SSSR count). The second kappa shape index (κ2) is 4.80. The minimum atomic E-state index is -3.17. The topological polar surface area (TPSA) is 83.5 Å². The highest BCUT2D eigenvalue weighted by atomic mass is 32.2. The summed E-state index contributed by atoms with van der Waals surface area (Å²) in [6.07, 6.45) is -0.0532. The molecule has 0 aromatic heterocycles. The quantitative estimate of drug-likeness (QED) is 0.874. The lowest BCUT2D eigenvalue weighted by atomic mass is 9.92. The first-order valence-corrected chi connectivity index (χ1v) is 7.63. The van der Waals surface area contributed by atoms with Crippen molar-refractivity contribution in [2.45, 2.75) is 18.4 Å². The highest BCUT2D eigenvalue weighted by Crippen LogP contribution is 2.28. The fraction of sp³-hybridized carbons (Fsp3) is 0.417. The SMILES string of the molecule is O=C(O)C1(Nc2cccc(F)c2)CCS(=O)(=O)CC1. The Bertz CT molecular complexity index is 586. The first-order chi connectivity index (χ1) is 8.83. The van der Waals surface area contributed by atoms with Gasteiger partial charge >= 0.3 is 5.97 Å². The van der Waals surface area contributed by atoms with Gasteiger partial charge in [0, 0.05) is 5.69 Å². The van der Waals surface area contributed by atoms with Crippen molar-refractivity contribution in [3.8, 4) is 0 Å². The van der Waals surface area contributed by atoms with Gasteiger partial charge in [-0.05, 0) is 31.0 Å². The summed E-state index contributed by atoms with van der Waals surface area (Å²) >= 11 is 0. The van der Waals surface area contributed by atoms with Crippen LogP contribution in [0.2, 0.25) is 0 Å². The van der Waals surface area contributed by atoms with Crippen molar-refractivity contribution < 1.29 is 22.7 Å². The monoisotopic (exact) mass is 287 g/mol. The van der Waals surface area contributed by atoms with E-state index in [0.717, 1.165) is 0 Å². The molecule has 0 radical (unpaired) electrons. The number of anilines is 1. The van der Waals surface area contributed by atoms with Crippen LogP contribution in [0.1, 0.15) is 12.8 Å². The molecule has 5 nitrogen and oxygen atoms in total. The van der Waals surface area contributed by atoms with E-state index in [1.807, 2.05) is 0 Å². The summed E-state index contributed by atoms with van der Waals surface area (Å²) in [6.45, 7) is 0. The summed E-state index contributed by atoms with van der Waals surface area (Å²) in [6, 6.07) is 5.46. The predicted octanol–water partition coefficient (Wildman–Crippen LogP) is 1.27. The number of carboxylic acid groups (broad SMARTS) is 1. The van der Waals surface area contributed by atoms with Crippen molar-refractivity contribution in [2.75, 3.05) is 16.8 Å². The van der Waals surface area contributed by atoms with E-state index in [4.69, 9.17) is 0 Å². The highest BCUT2D eigenvalue weighted by molar-refractivity contribution is 7.91. The average Bonchev–Trinajstić information content (AvgIpc) is 2.32. The number of aliphatic carboxylic acids is 1. The van der Waals surface area contributed by atoms with Crippen LogP contribution in [0.25, 0.3) is 0 Å². The predicted molar refractivity (Wildman–Crippen MR) is 68.3 cm³/mol. The number of halogens is 1. The van der Waals surface area contributed by atoms with Gasteiger partial charge in [-0.1, -0.05) is 6.07 Å². The van der Waals surface area contributed by atoms with Gasteiger partial charge in [0.15, 0.2) is 9.84 Å². The van der Waals surface area contributed by atoms with Crippen molar-refractivity contribution in [1.82, 2.24) is 0 Å². The molecule has 0 spiro atoms. The van der Waals surface area contributed by atoms with Crippen molar-refractivity contribution >= 4 is 21.5 Å². The van der Waals surface area contributed by atoms with E-state index < -0.39 is 27.2 Å². The molecule has 1 aromatic carbocycles. The van der Waals surface area contributed by atoms with E-state index in [9.17, 15) is 22.7 Å². The summed E-state index contributed by atoms with van der Waals surface area (Å²) in [5, 5.41) is 12.1. The molecule has 7 heteroatoms. The zero-order valence-electron chi connectivity index (χ0n) is 10.1. The van der Waals surface area contributed by atoms with E-state index in [1.54, 1.807) is 6.07 Å². The number of benzene rings is 1. The molecule has 0 amide bonds. The summed E-state index contributed by atoms with van der Waals surface area (Å²) in [7, 11) is -3.17. The van der Waals surface area contributed by atoms with Gasteiger partial charge in [-0.25, -0.2) is 17.6 Å². The Morgan fingerprint density at radius 2 is 1.95 bits per heavy atom. The Balaban J connectivity index is 2.24. The third kappa shape index (κ3) is 3.04. The molecule has 0 bridgehead atoms. The molecular weight excluding hydrogens is 273 g/mol. The maximum atomic E-state index is 13.1. The molecule has 1 saturated heterocycles. The number of rotatable bonds is 3. The van der Waals surface area contributed by atoms with Crippen LogP contribution in [-0.4, -0.2) is 36.5 Å². The molecule has 0 aliphatic carbocycles. The Morgan fingerprint density at radius 1 is 1.32 bits per heavy atom. The third-order valence-corrected chi connectivity index (χ3v) is 4.95. The zero-order valence-corrected chi connectivity index (χ0v) is 10.9. The molecule has 0 atom stereocenters. The maximum absolute atomic E-state index is 13.1. The normalized spacial score (nSPS) is 20.7. The summed E-state index contributed by atoms with van der Waals surface area (Å²) in [5.41, 5.74) is -1.01. The lowest BCUT2D eigenvalue weighted by Gasteiger charge is -2.34. The van der Waals surface area contributed by atoms with Crippen LogP contribution < -0.4 is 5.32 Å². The molecule has 0 unspecified atom stereocenters. The Kier molecular flexibility index (Phi) is 3.49. The average molecular weight is 287 g/mol. The van der Waals surface area contributed by atoms with Gasteiger partial charge in [0.1, 0.15) is 11.4 Å². The molecular formula is C12H14FNO4S. The third-order valence-electron chi connectivity index (χ3n) is 3.30. The van der Waals surface area contributed by atoms with Crippen molar-refractivity contribution in [3.63, 3.8) is 0 Å². The van der Waals surface area contributed by atoms with Gasteiger partial charge in [-0.3, -0.25) is 0 Å². The lowest BCUT2D eigenvalue weighted by Crippen LogP contribution is -2.51. The minimum Gasteiger partial charge on any atom is -0.480 e. The fourth-order valence-corrected chi connectivity index (χ4v) is 3.64. The molecule has 1 heterocycles.